The van der Waals surface area contributed by atoms with Crippen LogP contribution in [0.3, 0.4) is 0 Å². The van der Waals surface area contributed by atoms with Crippen molar-refractivity contribution in [3.63, 3.8) is 0 Å². The molecule has 1 aliphatic rings. The van der Waals surface area contributed by atoms with Gasteiger partial charge in [0.25, 0.3) is 0 Å². The first kappa shape index (κ1) is 19.1. The van der Waals surface area contributed by atoms with Gasteiger partial charge in [-0.15, -0.1) is 0 Å². The second-order valence-corrected chi connectivity index (χ2v) is 9.16. The fraction of sp³-hybridized carbons (Fsp3) is 0.429. The number of benzene rings is 2. The maximum absolute atomic E-state index is 13.1. The van der Waals surface area contributed by atoms with E-state index in [1.165, 1.54) is 5.56 Å². The number of aryl methyl sites for hydroxylation is 2. The molecular formula is C21H28N2O2S. The number of sulfonamides is 1. The highest BCUT2D eigenvalue weighted by Crippen LogP contribution is 2.24. The van der Waals surface area contributed by atoms with E-state index in [-0.39, 0.29) is 6.04 Å². The lowest BCUT2D eigenvalue weighted by atomic mass is 10.1. The first-order valence-electron chi connectivity index (χ1n) is 9.23. The fourth-order valence-electron chi connectivity index (χ4n) is 3.55. The van der Waals surface area contributed by atoms with Crippen LogP contribution in [0.5, 0.6) is 0 Å². The Bertz CT molecular complexity index is 850. The number of nitrogens with zero attached hydrogens (tertiary/aromatic N) is 2. The molecule has 1 saturated heterocycles. The molecule has 1 atom stereocenters. The summed E-state index contributed by atoms with van der Waals surface area (Å²) in [6, 6.07) is 16.3. The summed E-state index contributed by atoms with van der Waals surface area (Å²) >= 11 is 0. The normalized spacial score (nSPS) is 19.6. The topological polar surface area (TPSA) is 40.6 Å². The van der Waals surface area contributed by atoms with Crippen LogP contribution in [0.1, 0.15) is 23.6 Å². The number of hydrogen-bond donors (Lipinski definition) is 0. The Balaban J connectivity index is 1.67. The van der Waals surface area contributed by atoms with Gasteiger partial charge < -0.3 is 0 Å². The largest absolute Gasteiger partial charge is 0.298 e. The van der Waals surface area contributed by atoms with Crippen LogP contribution in [-0.4, -0.2) is 49.8 Å². The van der Waals surface area contributed by atoms with E-state index in [2.05, 4.69) is 36.1 Å². The lowest BCUT2D eigenvalue weighted by Gasteiger charge is -2.39. The summed E-state index contributed by atoms with van der Waals surface area (Å²) in [7, 11) is -3.43. The minimum Gasteiger partial charge on any atom is -0.298 e. The van der Waals surface area contributed by atoms with E-state index in [4.69, 9.17) is 0 Å². The molecule has 1 heterocycles. The monoisotopic (exact) mass is 372 g/mol. The molecule has 0 bridgehead atoms. The van der Waals surface area contributed by atoms with Crippen molar-refractivity contribution in [2.45, 2.75) is 38.1 Å². The van der Waals surface area contributed by atoms with Crippen LogP contribution >= 0.6 is 0 Å². The summed E-state index contributed by atoms with van der Waals surface area (Å²) < 4.78 is 27.8. The van der Waals surface area contributed by atoms with Crippen LogP contribution in [0.2, 0.25) is 0 Å². The van der Waals surface area contributed by atoms with Gasteiger partial charge in [0.1, 0.15) is 0 Å². The zero-order valence-corrected chi connectivity index (χ0v) is 16.7. The Morgan fingerprint density at radius 2 is 1.77 bits per heavy atom. The number of piperazine rings is 1. The Morgan fingerprint density at radius 1 is 1.04 bits per heavy atom. The number of hydrogen-bond acceptors (Lipinski definition) is 3. The van der Waals surface area contributed by atoms with E-state index in [0.29, 0.717) is 18.0 Å². The summed E-state index contributed by atoms with van der Waals surface area (Å²) in [6.45, 7) is 8.75. The van der Waals surface area contributed by atoms with Crippen LogP contribution in [0.15, 0.2) is 53.4 Å². The van der Waals surface area contributed by atoms with E-state index < -0.39 is 10.0 Å². The molecule has 1 fully saturated rings. The Hall–Kier alpha value is -1.69. The van der Waals surface area contributed by atoms with Crippen molar-refractivity contribution in [3.8, 4) is 0 Å². The molecule has 0 aromatic heterocycles. The van der Waals surface area contributed by atoms with Crippen LogP contribution < -0.4 is 0 Å². The first-order chi connectivity index (χ1) is 12.4. The third-order valence-electron chi connectivity index (χ3n) is 5.22. The minimum absolute atomic E-state index is 0.215. The second kappa shape index (κ2) is 7.91. The molecule has 0 N–H and O–H groups in total. The molecule has 2 aromatic carbocycles. The van der Waals surface area contributed by atoms with Crippen LogP contribution in [0.25, 0.3) is 0 Å². The molecule has 4 nitrogen and oxygen atoms in total. The van der Waals surface area contributed by atoms with Crippen LogP contribution in [0, 0.1) is 13.8 Å². The quantitative estimate of drug-likeness (QED) is 0.809. The average molecular weight is 373 g/mol. The van der Waals surface area contributed by atoms with Crippen LogP contribution in [0.4, 0.5) is 0 Å². The van der Waals surface area contributed by atoms with Crippen molar-refractivity contribution in [1.29, 1.82) is 0 Å². The molecule has 0 aliphatic carbocycles. The standard InChI is InChI=1S/C21H28N2O2S/c1-17-9-10-18(2)21(15-17)26(24,25)23-14-13-22(19(3)16-23)12-11-20-7-5-4-6-8-20/h4-10,15,19H,11-14,16H2,1-3H3. The van der Waals surface area contributed by atoms with E-state index in [1.807, 2.05) is 32.0 Å². The Morgan fingerprint density at radius 3 is 2.46 bits per heavy atom. The lowest BCUT2D eigenvalue weighted by molar-refractivity contribution is 0.130. The molecule has 0 saturated carbocycles. The average Bonchev–Trinajstić information content (AvgIpc) is 2.63. The van der Waals surface area contributed by atoms with Crippen molar-refractivity contribution >= 4 is 10.0 Å². The van der Waals surface area contributed by atoms with Crippen molar-refractivity contribution in [2.75, 3.05) is 26.2 Å². The van der Waals surface area contributed by atoms with E-state index in [0.717, 1.165) is 30.6 Å². The van der Waals surface area contributed by atoms with Crippen molar-refractivity contribution in [2.24, 2.45) is 0 Å². The molecule has 0 radical (unpaired) electrons. The predicted octanol–water partition coefficient (Wildman–Crippen LogP) is 3.24. The van der Waals surface area contributed by atoms with Gasteiger partial charge in [-0.3, -0.25) is 4.90 Å². The summed E-state index contributed by atoms with van der Waals surface area (Å²) in [5, 5.41) is 0. The van der Waals surface area contributed by atoms with Crippen molar-refractivity contribution in [1.82, 2.24) is 9.21 Å². The summed E-state index contributed by atoms with van der Waals surface area (Å²) in [4.78, 5) is 2.84. The molecular weight excluding hydrogens is 344 g/mol. The maximum Gasteiger partial charge on any atom is 0.243 e. The molecule has 3 rings (SSSR count). The summed E-state index contributed by atoms with van der Waals surface area (Å²) in [6.07, 6.45) is 0.995. The van der Waals surface area contributed by atoms with Gasteiger partial charge in [0, 0.05) is 32.2 Å². The fourth-order valence-corrected chi connectivity index (χ4v) is 5.38. The van der Waals surface area contributed by atoms with Crippen molar-refractivity contribution < 1.29 is 8.42 Å². The maximum atomic E-state index is 13.1. The van der Waals surface area contributed by atoms with Gasteiger partial charge in [-0.05, 0) is 49.9 Å². The van der Waals surface area contributed by atoms with E-state index in [9.17, 15) is 8.42 Å². The number of rotatable bonds is 5. The van der Waals surface area contributed by atoms with Gasteiger partial charge in [0.15, 0.2) is 0 Å². The van der Waals surface area contributed by atoms with E-state index >= 15 is 0 Å². The lowest BCUT2D eigenvalue weighted by Crippen LogP contribution is -2.53. The molecule has 1 unspecified atom stereocenters. The third kappa shape index (κ3) is 4.17. The van der Waals surface area contributed by atoms with Crippen molar-refractivity contribution in [3.05, 3.63) is 65.2 Å². The molecule has 5 heteroatoms. The first-order valence-corrected chi connectivity index (χ1v) is 10.7. The van der Waals surface area contributed by atoms with Gasteiger partial charge in [0.05, 0.1) is 4.90 Å². The second-order valence-electron chi connectivity index (χ2n) is 7.25. The minimum atomic E-state index is -3.43. The van der Waals surface area contributed by atoms with Gasteiger partial charge in [-0.2, -0.15) is 4.31 Å². The third-order valence-corrected chi connectivity index (χ3v) is 7.23. The van der Waals surface area contributed by atoms with Gasteiger partial charge >= 0.3 is 0 Å². The molecule has 140 valence electrons. The summed E-state index contributed by atoms with van der Waals surface area (Å²) in [5.74, 6) is 0. The summed E-state index contributed by atoms with van der Waals surface area (Å²) in [5.41, 5.74) is 3.11. The highest BCUT2D eigenvalue weighted by molar-refractivity contribution is 7.89. The Kier molecular flexibility index (Phi) is 5.80. The zero-order chi connectivity index (χ0) is 18.7. The Labute approximate surface area is 157 Å². The SMILES string of the molecule is Cc1ccc(C)c(S(=O)(=O)N2CCN(CCc3ccccc3)C(C)C2)c1. The molecule has 1 aliphatic heterocycles. The highest BCUT2D eigenvalue weighted by atomic mass is 32.2. The molecule has 26 heavy (non-hydrogen) atoms. The zero-order valence-electron chi connectivity index (χ0n) is 15.9. The molecule has 0 amide bonds. The molecule has 0 spiro atoms. The van der Waals surface area contributed by atoms with Gasteiger partial charge in [0.2, 0.25) is 10.0 Å². The van der Waals surface area contributed by atoms with Crippen LogP contribution in [-0.2, 0) is 16.4 Å². The van der Waals surface area contributed by atoms with Gasteiger partial charge in [-0.25, -0.2) is 8.42 Å². The molecule has 2 aromatic rings. The highest BCUT2D eigenvalue weighted by Gasteiger charge is 2.32. The van der Waals surface area contributed by atoms with E-state index in [1.54, 1.807) is 10.4 Å². The smallest absolute Gasteiger partial charge is 0.243 e. The van der Waals surface area contributed by atoms with Gasteiger partial charge in [-0.1, -0.05) is 42.5 Å². The predicted molar refractivity (Wildman–Crippen MR) is 106 cm³/mol.